The summed E-state index contributed by atoms with van der Waals surface area (Å²) < 4.78 is 22.1. The monoisotopic (exact) mass is 295 g/mol. The van der Waals surface area contributed by atoms with Crippen molar-refractivity contribution in [2.45, 2.75) is 36.9 Å². The first-order valence-corrected chi connectivity index (χ1v) is 8.41. The molecular weight excluding hydrogens is 282 g/mol. The van der Waals surface area contributed by atoms with Gasteiger partial charge < -0.3 is 5.32 Å². The molecule has 0 fully saturated rings. The molecule has 96 valence electrons. The molecule has 7 heteroatoms. The van der Waals surface area contributed by atoms with E-state index in [2.05, 4.69) is 5.32 Å². The zero-order valence-corrected chi connectivity index (χ0v) is 12.0. The second-order valence-electron chi connectivity index (χ2n) is 3.58. The smallest absolute Gasteiger partial charge is 0.270 e. The molecule has 1 heterocycles. The second kappa shape index (κ2) is 5.84. The fourth-order valence-electron chi connectivity index (χ4n) is 1.33. The molecular formula is C10H14ClNO3S2. The van der Waals surface area contributed by atoms with E-state index in [-0.39, 0.29) is 16.2 Å². The summed E-state index contributed by atoms with van der Waals surface area (Å²) in [5, 5.41) is 4.32. The minimum absolute atomic E-state index is 0.00568. The molecule has 0 saturated heterocycles. The largest absolute Gasteiger partial charge is 0.349 e. The Morgan fingerprint density at radius 3 is 2.47 bits per heavy atom. The maximum Gasteiger partial charge on any atom is 0.270 e. The summed E-state index contributed by atoms with van der Waals surface area (Å²) in [5.74, 6) is -0.262. The van der Waals surface area contributed by atoms with E-state index in [1.807, 2.05) is 13.8 Å². The molecule has 0 aliphatic rings. The van der Waals surface area contributed by atoms with Gasteiger partial charge >= 0.3 is 0 Å². The quantitative estimate of drug-likeness (QED) is 0.849. The van der Waals surface area contributed by atoms with Crippen molar-refractivity contribution >= 4 is 37.0 Å². The highest BCUT2D eigenvalue weighted by molar-refractivity contribution is 8.15. The van der Waals surface area contributed by atoms with E-state index < -0.39 is 9.05 Å². The lowest BCUT2D eigenvalue weighted by Gasteiger charge is -2.13. The van der Waals surface area contributed by atoms with Gasteiger partial charge in [0.05, 0.1) is 5.56 Å². The van der Waals surface area contributed by atoms with Crippen LogP contribution in [0, 0.1) is 0 Å². The van der Waals surface area contributed by atoms with E-state index in [1.54, 1.807) is 0 Å². The number of amides is 1. The Morgan fingerprint density at radius 1 is 1.47 bits per heavy atom. The van der Waals surface area contributed by atoms with Crippen LogP contribution < -0.4 is 5.32 Å². The van der Waals surface area contributed by atoms with Gasteiger partial charge in [0.25, 0.3) is 15.0 Å². The predicted octanol–water partition coefficient (Wildman–Crippen LogP) is 2.59. The third kappa shape index (κ3) is 3.97. The number of hydrogen-bond acceptors (Lipinski definition) is 4. The molecule has 0 spiro atoms. The highest BCUT2D eigenvalue weighted by Crippen LogP contribution is 2.23. The number of thiophene rings is 1. The summed E-state index contributed by atoms with van der Waals surface area (Å²) in [6.07, 6.45) is 1.68. The van der Waals surface area contributed by atoms with Crippen molar-refractivity contribution < 1.29 is 13.2 Å². The molecule has 0 atom stereocenters. The van der Waals surface area contributed by atoms with Crippen molar-refractivity contribution in [3.05, 3.63) is 17.0 Å². The SMILES string of the molecule is CCC(CC)NC(=O)c1csc(S(=O)(=O)Cl)c1. The Morgan fingerprint density at radius 2 is 2.06 bits per heavy atom. The Labute approximate surface area is 109 Å². The van der Waals surface area contributed by atoms with Gasteiger partial charge in [0.15, 0.2) is 0 Å². The van der Waals surface area contributed by atoms with Crippen LogP contribution in [-0.2, 0) is 9.05 Å². The zero-order chi connectivity index (χ0) is 13.1. The minimum atomic E-state index is -3.74. The third-order valence-corrected chi connectivity index (χ3v) is 5.44. The van der Waals surface area contributed by atoms with Crippen molar-refractivity contribution in [2.75, 3.05) is 0 Å². The molecule has 1 rings (SSSR count). The summed E-state index contributed by atoms with van der Waals surface area (Å²) in [6, 6.07) is 1.41. The lowest BCUT2D eigenvalue weighted by atomic mass is 10.1. The topological polar surface area (TPSA) is 63.2 Å². The molecule has 1 aromatic rings. The van der Waals surface area contributed by atoms with Crippen LogP contribution >= 0.6 is 22.0 Å². The average molecular weight is 296 g/mol. The number of rotatable bonds is 5. The fraction of sp³-hybridized carbons (Fsp3) is 0.500. The molecule has 0 aliphatic heterocycles. The number of nitrogens with one attached hydrogen (secondary N) is 1. The van der Waals surface area contributed by atoms with E-state index in [9.17, 15) is 13.2 Å². The van der Waals surface area contributed by atoms with E-state index in [4.69, 9.17) is 10.7 Å². The van der Waals surface area contributed by atoms with Crippen molar-refractivity contribution in [3.8, 4) is 0 Å². The van der Waals surface area contributed by atoms with Crippen LogP contribution in [0.15, 0.2) is 15.7 Å². The fourth-order valence-corrected chi connectivity index (χ4v) is 3.27. The predicted molar refractivity (Wildman–Crippen MR) is 69.2 cm³/mol. The normalized spacial score (nSPS) is 11.8. The van der Waals surface area contributed by atoms with Crippen molar-refractivity contribution in [2.24, 2.45) is 0 Å². The van der Waals surface area contributed by atoms with Gasteiger partial charge in [0, 0.05) is 22.1 Å². The standard InChI is InChI=1S/C10H14ClNO3S2/c1-3-8(4-2)12-10(13)7-5-9(16-6-7)17(11,14)15/h5-6,8H,3-4H2,1-2H3,(H,12,13). The van der Waals surface area contributed by atoms with Gasteiger partial charge in [0.1, 0.15) is 4.21 Å². The van der Waals surface area contributed by atoms with Crippen molar-refractivity contribution in [1.82, 2.24) is 5.32 Å². The van der Waals surface area contributed by atoms with Crippen LogP contribution in [0.2, 0.25) is 0 Å². The molecule has 0 bridgehead atoms. The van der Waals surface area contributed by atoms with Gasteiger partial charge in [-0.25, -0.2) is 8.42 Å². The summed E-state index contributed by atoms with van der Waals surface area (Å²) in [6.45, 7) is 3.97. The number of hydrogen-bond donors (Lipinski definition) is 1. The van der Waals surface area contributed by atoms with Crippen LogP contribution in [0.25, 0.3) is 0 Å². The molecule has 0 saturated carbocycles. The molecule has 17 heavy (non-hydrogen) atoms. The molecule has 0 aromatic carbocycles. The number of carbonyl (C=O) groups is 1. The van der Waals surface area contributed by atoms with E-state index in [0.29, 0.717) is 5.56 Å². The lowest BCUT2D eigenvalue weighted by Crippen LogP contribution is -2.33. The van der Waals surface area contributed by atoms with Crippen LogP contribution in [-0.4, -0.2) is 20.4 Å². The lowest BCUT2D eigenvalue weighted by molar-refractivity contribution is 0.0935. The molecule has 0 radical (unpaired) electrons. The van der Waals surface area contributed by atoms with Crippen LogP contribution in [0.4, 0.5) is 0 Å². The van der Waals surface area contributed by atoms with Crippen LogP contribution in [0.1, 0.15) is 37.0 Å². The maximum atomic E-state index is 11.8. The summed E-state index contributed by atoms with van der Waals surface area (Å²) in [5.41, 5.74) is 0.334. The average Bonchev–Trinajstić information content (AvgIpc) is 2.74. The molecule has 0 aliphatic carbocycles. The van der Waals surface area contributed by atoms with Gasteiger partial charge in [0.2, 0.25) is 0 Å². The van der Waals surface area contributed by atoms with Gasteiger partial charge in [-0.15, -0.1) is 11.3 Å². The van der Waals surface area contributed by atoms with Crippen molar-refractivity contribution in [3.63, 3.8) is 0 Å². The summed E-state index contributed by atoms with van der Waals surface area (Å²) >= 11 is 0.946. The first kappa shape index (κ1) is 14.5. The maximum absolute atomic E-state index is 11.8. The molecule has 0 unspecified atom stereocenters. The first-order chi connectivity index (χ1) is 7.88. The molecule has 1 N–H and O–H groups in total. The highest BCUT2D eigenvalue weighted by Gasteiger charge is 2.17. The number of carbonyl (C=O) groups excluding carboxylic acids is 1. The molecule has 4 nitrogen and oxygen atoms in total. The van der Waals surface area contributed by atoms with E-state index >= 15 is 0 Å². The third-order valence-electron chi connectivity index (χ3n) is 2.40. The number of halogens is 1. The summed E-state index contributed by atoms with van der Waals surface area (Å²) in [7, 11) is 1.44. The minimum Gasteiger partial charge on any atom is -0.349 e. The van der Waals surface area contributed by atoms with Crippen LogP contribution in [0.5, 0.6) is 0 Å². The zero-order valence-electron chi connectivity index (χ0n) is 9.57. The van der Waals surface area contributed by atoms with Crippen LogP contribution in [0.3, 0.4) is 0 Å². The Balaban J connectivity index is 2.81. The van der Waals surface area contributed by atoms with Crippen molar-refractivity contribution in [1.29, 1.82) is 0 Å². The molecule has 1 aromatic heterocycles. The summed E-state index contributed by atoms with van der Waals surface area (Å²) in [4.78, 5) is 11.8. The van der Waals surface area contributed by atoms with E-state index in [1.165, 1.54) is 11.4 Å². The second-order valence-corrected chi connectivity index (χ2v) is 7.28. The van der Waals surface area contributed by atoms with Gasteiger partial charge in [-0.1, -0.05) is 13.8 Å². The Hall–Kier alpha value is -0.590. The Bertz CT molecular complexity index is 491. The van der Waals surface area contributed by atoms with Gasteiger partial charge in [-0.2, -0.15) is 0 Å². The first-order valence-electron chi connectivity index (χ1n) is 5.22. The Kier molecular flexibility index (Phi) is 4.97. The van der Waals surface area contributed by atoms with Gasteiger partial charge in [-0.05, 0) is 18.9 Å². The van der Waals surface area contributed by atoms with E-state index in [0.717, 1.165) is 24.2 Å². The van der Waals surface area contributed by atoms with Gasteiger partial charge in [-0.3, -0.25) is 4.79 Å². The highest BCUT2D eigenvalue weighted by atomic mass is 35.7. The molecule has 1 amide bonds.